The zero-order valence-corrected chi connectivity index (χ0v) is 16.9. The minimum Gasteiger partial charge on any atom is -0.330 e. The van der Waals surface area contributed by atoms with Crippen LogP contribution in [0.4, 0.5) is 0 Å². The van der Waals surface area contributed by atoms with E-state index in [0.717, 1.165) is 19.3 Å². The van der Waals surface area contributed by atoms with Crippen molar-refractivity contribution >= 4 is 10.1 Å². The molecule has 0 aromatic heterocycles. The smallest absolute Gasteiger partial charge is 0.270 e. The molecule has 0 radical (unpaired) electrons. The minimum absolute atomic E-state index is 0.216. The van der Waals surface area contributed by atoms with Gasteiger partial charge in [-0.3, -0.25) is 4.18 Å². The number of hydrogen-bond donors (Lipinski definition) is 1. The van der Waals surface area contributed by atoms with Crippen molar-refractivity contribution in [2.24, 2.45) is 5.73 Å². The lowest BCUT2D eigenvalue weighted by atomic mass is 10.0. The van der Waals surface area contributed by atoms with Gasteiger partial charge >= 0.3 is 0 Å². The summed E-state index contributed by atoms with van der Waals surface area (Å²) in [6, 6.07) is 0. The molecule has 0 rings (SSSR count). The van der Waals surface area contributed by atoms with E-state index in [-0.39, 0.29) is 11.9 Å². The maximum atomic E-state index is 12.1. The lowest BCUT2D eigenvalue weighted by Crippen LogP contribution is -2.24. The largest absolute Gasteiger partial charge is 0.330 e. The third-order valence-corrected chi connectivity index (χ3v) is 6.47. The molecule has 0 aromatic rings. The van der Waals surface area contributed by atoms with E-state index in [1.165, 1.54) is 57.8 Å². The Labute approximate surface area is 151 Å². The van der Waals surface area contributed by atoms with E-state index in [1.54, 1.807) is 0 Å². The lowest BCUT2D eigenvalue weighted by molar-refractivity contribution is 0.305. The van der Waals surface area contributed by atoms with Crippen molar-refractivity contribution in [2.75, 3.05) is 13.2 Å². The summed E-state index contributed by atoms with van der Waals surface area (Å²) in [5, 5.41) is -0.353. The molecule has 2 N–H and O–H groups in total. The van der Waals surface area contributed by atoms with E-state index < -0.39 is 10.1 Å². The zero-order valence-electron chi connectivity index (χ0n) is 16.1. The number of unbranched alkanes of at least 4 members (excludes halogenated alkanes) is 10. The molecule has 146 valence electrons. The standard InChI is InChI=1S/C19H41NO3S/c1-3-5-6-7-8-9-10-11-12-13-14-16-19(4-2)24(21,22)23-18-15-17-20/h19H,3-18,20H2,1-2H3. The van der Waals surface area contributed by atoms with Crippen molar-refractivity contribution in [1.29, 1.82) is 0 Å². The van der Waals surface area contributed by atoms with Crippen molar-refractivity contribution in [1.82, 2.24) is 0 Å². The van der Waals surface area contributed by atoms with Gasteiger partial charge in [-0.25, -0.2) is 0 Å². The summed E-state index contributed by atoms with van der Waals surface area (Å²) in [6.45, 7) is 4.85. The molecule has 0 aliphatic carbocycles. The summed E-state index contributed by atoms with van der Waals surface area (Å²) < 4.78 is 29.2. The quantitative estimate of drug-likeness (QED) is 0.270. The van der Waals surface area contributed by atoms with E-state index in [2.05, 4.69) is 6.92 Å². The lowest BCUT2D eigenvalue weighted by Gasteiger charge is -2.15. The summed E-state index contributed by atoms with van der Waals surface area (Å²) in [7, 11) is -3.41. The molecule has 0 amide bonds. The second kappa shape index (κ2) is 16.3. The van der Waals surface area contributed by atoms with Crippen LogP contribution >= 0.6 is 0 Å². The Hall–Kier alpha value is -0.130. The van der Waals surface area contributed by atoms with Crippen LogP contribution < -0.4 is 5.73 Å². The molecular weight excluding hydrogens is 322 g/mol. The Morgan fingerprint density at radius 3 is 1.75 bits per heavy atom. The van der Waals surface area contributed by atoms with Gasteiger partial charge in [-0.05, 0) is 25.8 Å². The first-order valence-corrected chi connectivity index (χ1v) is 11.6. The van der Waals surface area contributed by atoms with Gasteiger partial charge in [0.25, 0.3) is 10.1 Å². The van der Waals surface area contributed by atoms with Gasteiger partial charge in [-0.15, -0.1) is 0 Å². The van der Waals surface area contributed by atoms with Crippen LogP contribution in [0, 0.1) is 0 Å². The fraction of sp³-hybridized carbons (Fsp3) is 1.00. The first kappa shape index (κ1) is 23.9. The second-order valence-corrected chi connectivity index (χ2v) is 8.70. The van der Waals surface area contributed by atoms with Crippen molar-refractivity contribution in [3.63, 3.8) is 0 Å². The van der Waals surface area contributed by atoms with E-state index in [1.807, 2.05) is 6.92 Å². The molecule has 1 atom stereocenters. The highest BCUT2D eigenvalue weighted by atomic mass is 32.2. The third-order valence-electron chi connectivity index (χ3n) is 4.59. The molecule has 24 heavy (non-hydrogen) atoms. The van der Waals surface area contributed by atoms with Crippen LogP contribution in [0.15, 0.2) is 0 Å². The van der Waals surface area contributed by atoms with Gasteiger partial charge in [-0.1, -0.05) is 84.5 Å². The maximum Gasteiger partial charge on any atom is 0.270 e. The Balaban J connectivity index is 3.62. The first-order chi connectivity index (χ1) is 11.6. The number of nitrogens with two attached hydrogens (primary N) is 1. The highest BCUT2D eigenvalue weighted by Crippen LogP contribution is 2.18. The zero-order chi connectivity index (χ0) is 18.1. The average molecular weight is 364 g/mol. The van der Waals surface area contributed by atoms with Crippen molar-refractivity contribution < 1.29 is 12.6 Å². The Kier molecular flexibility index (Phi) is 16.3. The van der Waals surface area contributed by atoms with E-state index >= 15 is 0 Å². The predicted octanol–water partition coefficient (Wildman–Crippen LogP) is 5.16. The summed E-state index contributed by atoms with van der Waals surface area (Å²) in [4.78, 5) is 0. The van der Waals surface area contributed by atoms with Crippen molar-refractivity contribution in [3.8, 4) is 0 Å². The Bertz CT molecular complexity index is 358. The molecule has 0 aromatic carbocycles. The average Bonchev–Trinajstić information content (AvgIpc) is 2.56. The van der Waals surface area contributed by atoms with Crippen LogP contribution in [-0.4, -0.2) is 26.8 Å². The minimum atomic E-state index is -3.41. The van der Waals surface area contributed by atoms with Gasteiger partial charge in [-0.2, -0.15) is 8.42 Å². The van der Waals surface area contributed by atoms with Gasteiger partial charge in [0, 0.05) is 0 Å². The van der Waals surface area contributed by atoms with Crippen LogP contribution in [0.5, 0.6) is 0 Å². The van der Waals surface area contributed by atoms with Gasteiger partial charge < -0.3 is 5.73 Å². The molecule has 0 spiro atoms. The molecule has 1 unspecified atom stereocenters. The predicted molar refractivity (Wildman–Crippen MR) is 104 cm³/mol. The van der Waals surface area contributed by atoms with Crippen LogP contribution in [-0.2, 0) is 14.3 Å². The van der Waals surface area contributed by atoms with Gasteiger partial charge in [0.2, 0.25) is 0 Å². The molecule has 0 aliphatic rings. The topological polar surface area (TPSA) is 69.4 Å². The molecule has 0 fully saturated rings. The number of hydrogen-bond acceptors (Lipinski definition) is 4. The van der Waals surface area contributed by atoms with Gasteiger partial charge in [0.1, 0.15) is 0 Å². The van der Waals surface area contributed by atoms with Crippen LogP contribution in [0.2, 0.25) is 0 Å². The SMILES string of the molecule is CCCCCCCCCCCCCC(CC)S(=O)(=O)OCCCN. The number of rotatable bonds is 18. The molecular formula is C19H41NO3S. The van der Waals surface area contributed by atoms with Gasteiger partial charge in [0.15, 0.2) is 0 Å². The van der Waals surface area contributed by atoms with Crippen molar-refractivity contribution in [3.05, 3.63) is 0 Å². The molecule has 0 saturated heterocycles. The second-order valence-electron chi connectivity index (χ2n) is 6.81. The third kappa shape index (κ3) is 13.2. The molecule has 4 nitrogen and oxygen atoms in total. The molecule has 0 heterocycles. The van der Waals surface area contributed by atoms with Crippen molar-refractivity contribution in [2.45, 2.75) is 109 Å². The summed E-state index contributed by atoms with van der Waals surface area (Å²) >= 11 is 0. The normalized spacial score (nSPS) is 13.3. The monoisotopic (exact) mass is 363 g/mol. The summed E-state index contributed by atoms with van der Waals surface area (Å²) in [6.07, 6.45) is 16.1. The highest BCUT2D eigenvalue weighted by molar-refractivity contribution is 7.87. The van der Waals surface area contributed by atoms with E-state index in [0.29, 0.717) is 19.4 Å². The Morgan fingerprint density at radius 2 is 1.29 bits per heavy atom. The first-order valence-electron chi connectivity index (χ1n) is 10.2. The van der Waals surface area contributed by atoms with Gasteiger partial charge in [0.05, 0.1) is 11.9 Å². The molecule has 5 heteroatoms. The fourth-order valence-corrected chi connectivity index (χ4v) is 4.35. The molecule has 0 aliphatic heterocycles. The highest BCUT2D eigenvalue weighted by Gasteiger charge is 2.23. The fourth-order valence-electron chi connectivity index (χ4n) is 2.94. The Morgan fingerprint density at radius 1 is 0.792 bits per heavy atom. The summed E-state index contributed by atoms with van der Waals surface area (Å²) in [5.74, 6) is 0. The van der Waals surface area contributed by atoms with Crippen LogP contribution in [0.3, 0.4) is 0 Å². The summed E-state index contributed by atoms with van der Waals surface area (Å²) in [5.41, 5.74) is 5.37. The van der Waals surface area contributed by atoms with E-state index in [4.69, 9.17) is 9.92 Å². The molecule has 0 saturated carbocycles. The van der Waals surface area contributed by atoms with Crippen LogP contribution in [0.25, 0.3) is 0 Å². The molecule has 0 bridgehead atoms. The maximum absolute atomic E-state index is 12.1. The van der Waals surface area contributed by atoms with Crippen LogP contribution in [0.1, 0.15) is 104 Å². The van der Waals surface area contributed by atoms with E-state index in [9.17, 15) is 8.42 Å².